The standard InChI is InChI=1S/C15H20F3N3O3S/c16-15(17,18)14(24,6-8-25-7-5-9(19)12(22)23)13-20-10-3-1-2-4-11(10)21-13/h1,3,9,24H,2,4-8,19H2,(H,20,21)(H,22,23). The number of hydrogen-bond donors (Lipinski definition) is 4. The molecule has 0 spiro atoms. The second-order valence-electron chi connectivity index (χ2n) is 5.84. The smallest absolute Gasteiger partial charge is 0.424 e. The minimum Gasteiger partial charge on any atom is -0.480 e. The zero-order valence-electron chi connectivity index (χ0n) is 13.3. The van der Waals surface area contributed by atoms with E-state index in [0.29, 0.717) is 30.0 Å². The predicted octanol–water partition coefficient (Wildman–Crippen LogP) is 2.04. The monoisotopic (exact) mass is 379 g/mol. The lowest BCUT2D eigenvalue weighted by atomic mass is 9.99. The van der Waals surface area contributed by atoms with Gasteiger partial charge >= 0.3 is 12.1 Å². The Morgan fingerprint density at radius 3 is 2.76 bits per heavy atom. The van der Waals surface area contributed by atoms with Gasteiger partial charge in [-0.2, -0.15) is 24.9 Å². The van der Waals surface area contributed by atoms with Gasteiger partial charge in [0.15, 0.2) is 0 Å². The summed E-state index contributed by atoms with van der Waals surface area (Å²) in [5.74, 6) is -1.37. The van der Waals surface area contributed by atoms with Crippen molar-refractivity contribution in [3.63, 3.8) is 0 Å². The van der Waals surface area contributed by atoms with Crippen LogP contribution in [-0.2, 0) is 16.8 Å². The van der Waals surface area contributed by atoms with E-state index in [1.807, 2.05) is 6.08 Å². The van der Waals surface area contributed by atoms with Crippen molar-refractivity contribution in [2.24, 2.45) is 5.73 Å². The summed E-state index contributed by atoms with van der Waals surface area (Å²) in [4.78, 5) is 17.1. The summed E-state index contributed by atoms with van der Waals surface area (Å²) in [5.41, 5.74) is 3.27. The summed E-state index contributed by atoms with van der Waals surface area (Å²) in [6.45, 7) is 0. The fraction of sp³-hybridized carbons (Fsp3) is 0.600. The number of alkyl halides is 3. The minimum absolute atomic E-state index is 0.0104. The van der Waals surface area contributed by atoms with Crippen LogP contribution in [0.25, 0.3) is 6.08 Å². The van der Waals surface area contributed by atoms with Crippen LogP contribution in [0.2, 0.25) is 0 Å². The highest BCUT2D eigenvalue weighted by Gasteiger charge is 2.56. The molecule has 0 aliphatic heterocycles. The summed E-state index contributed by atoms with van der Waals surface area (Å²) in [5, 5.41) is 19.0. The summed E-state index contributed by atoms with van der Waals surface area (Å²) in [6, 6.07) is -1.04. The molecule has 0 bridgehead atoms. The number of carbonyl (C=O) groups is 1. The molecule has 140 valence electrons. The van der Waals surface area contributed by atoms with Gasteiger partial charge in [-0.25, -0.2) is 4.98 Å². The number of aromatic amines is 1. The quantitative estimate of drug-likeness (QED) is 0.514. The second kappa shape index (κ2) is 7.79. The molecule has 1 aliphatic carbocycles. The van der Waals surface area contributed by atoms with Crippen molar-refractivity contribution in [2.45, 2.75) is 43.5 Å². The van der Waals surface area contributed by atoms with Gasteiger partial charge in [0.1, 0.15) is 11.9 Å². The topological polar surface area (TPSA) is 112 Å². The van der Waals surface area contributed by atoms with Crippen molar-refractivity contribution < 1.29 is 28.2 Å². The van der Waals surface area contributed by atoms with Crippen LogP contribution >= 0.6 is 11.8 Å². The third-order valence-corrected chi connectivity index (χ3v) is 5.02. The van der Waals surface area contributed by atoms with Crippen LogP contribution in [0.4, 0.5) is 13.2 Å². The summed E-state index contributed by atoms with van der Waals surface area (Å²) < 4.78 is 40.4. The van der Waals surface area contributed by atoms with E-state index in [4.69, 9.17) is 10.8 Å². The van der Waals surface area contributed by atoms with Crippen molar-refractivity contribution in [3.8, 4) is 0 Å². The highest BCUT2D eigenvalue weighted by atomic mass is 32.2. The number of aliphatic hydroxyl groups is 1. The number of rotatable bonds is 8. The molecule has 1 aromatic rings. The number of allylic oxidation sites excluding steroid dienone is 1. The molecule has 1 aromatic heterocycles. The van der Waals surface area contributed by atoms with E-state index >= 15 is 0 Å². The van der Waals surface area contributed by atoms with Crippen LogP contribution in [0, 0.1) is 0 Å². The molecular weight excluding hydrogens is 359 g/mol. The molecule has 25 heavy (non-hydrogen) atoms. The number of carboxylic acids is 1. The number of aromatic nitrogens is 2. The third kappa shape index (κ3) is 4.56. The van der Waals surface area contributed by atoms with E-state index in [1.54, 1.807) is 6.08 Å². The first-order chi connectivity index (χ1) is 11.6. The lowest BCUT2D eigenvalue weighted by Gasteiger charge is -2.28. The Kier molecular flexibility index (Phi) is 6.17. The highest BCUT2D eigenvalue weighted by Crippen LogP contribution is 2.41. The minimum atomic E-state index is -4.88. The number of aliphatic carboxylic acids is 1. The molecule has 0 amide bonds. The first-order valence-electron chi connectivity index (χ1n) is 7.76. The normalized spacial score (nSPS) is 17.8. The number of halogens is 3. The predicted molar refractivity (Wildman–Crippen MR) is 88.1 cm³/mol. The lowest BCUT2D eigenvalue weighted by Crippen LogP contribution is -2.44. The van der Waals surface area contributed by atoms with Crippen molar-refractivity contribution in [1.82, 2.24) is 9.97 Å². The SMILES string of the molecule is NC(CCSCCC(O)(c1nc2c([nH]1)CCC=C2)C(F)(F)F)C(=O)O. The van der Waals surface area contributed by atoms with Gasteiger partial charge in [0.05, 0.1) is 5.69 Å². The van der Waals surface area contributed by atoms with Gasteiger partial charge in [0.25, 0.3) is 0 Å². The maximum absolute atomic E-state index is 13.5. The number of H-pyrrole nitrogens is 1. The first kappa shape index (κ1) is 19.8. The lowest BCUT2D eigenvalue weighted by molar-refractivity contribution is -0.270. The molecule has 0 fully saturated rings. The van der Waals surface area contributed by atoms with Crippen LogP contribution in [0.15, 0.2) is 6.08 Å². The van der Waals surface area contributed by atoms with Gasteiger partial charge in [-0.05, 0) is 36.8 Å². The Balaban J connectivity index is 2.02. The van der Waals surface area contributed by atoms with Crippen LogP contribution in [-0.4, -0.2) is 49.9 Å². The number of thioether (sulfide) groups is 1. The number of aryl methyl sites for hydroxylation is 1. The zero-order chi connectivity index (χ0) is 18.7. The van der Waals surface area contributed by atoms with Crippen LogP contribution in [0.3, 0.4) is 0 Å². The van der Waals surface area contributed by atoms with Gasteiger partial charge < -0.3 is 20.9 Å². The average Bonchev–Trinajstić information content (AvgIpc) is 2.97. The number of imidazole rings is 1. The van der Waals surface area contributed by atoms with Gasteiger partial charge in [0.2, 0.25) is 5.60 Å². The molecule has 10 heteroatoms. The summed E-state index contributed by atoms with van der Waals surface area (Å²) >= 11 is 1.11. The van der Waals surface area contributed by atoms with E-state index < -0.39 is 36.0 Å². The van der Waals surface area contributed by atoms with Crippen molar-refractivity contribution in [3.05, 3.63) is 23.3 Å². The van der Waals surface area contributed by atoms with E-state index in [9.17, 15) is 23.1 Å². The number of carboxylic acid groups (broad SMARTS) is 1. The Bertz CT molecular complexity index is 648. The molecular formula is C15H20F3N3O3S. The fourth-order valence-corrected chi connectivity index (χ4v) is 3.48. The molecule has 2 atom stereocenters. The maximum Gasteiger partial charge on any atom is 0.424 e. The summed E-state index contributed by atoms with van der Waals surface area (Å²) in [7, 11) is 0. The second-order valence-corrected chi connectivity index (χ2v) is 7.07. The molecule has 0 aromatic carbocycles. The Morgan fingerprint density at radius 1 is 1.44 bits per heavy atom. The molecule has 6 nitrogen and oxygen atoms in total. The first-order valence-corrected chi connectivity index (χ1v) is 8.92. The molecule has 5 N–H and O–H groups in total. The van der Waals surface area contributed by atoms with Gasteiger partial charge in [-0.15, -0.1) is 0 Å². The molecule has 1 aliphatic rings. The van der Waals surface area contributed by atoms with Gasteiger partial charge in [0, 0.05) is 12.1 Å². The number of nitrogens with zero attached hydrogens (tertiary/aromatic N) is 1. The highest BCUT2D eigenvalue weighted by molar-refractivity contribution is 7.99. The number of fused-ring (bicyclic) bond motifs is 1. The van der Waals surface area contributed by atoms with E-state index in [2.05, 4.69) is 9.97 Å². The number of nitrogens with two attached hydrogens (primary N) is 1. The van der Waals surface area contributed by atoms with E-state index in [-0.39, 0.29) is 12.2 Å². The Hall–Kier alpha value is -1.52. The molecule has 0 saturated heterocycles. The van der Waals surface area contributed by atoms with Gasteiger partial charge in [-0.1, -0.05) is 6.08 Å². The number of hydrogen-bond acceptors (Lipinski definition) is 5. The number of nitrogens with one attached hydrogen (secondary N) is 1. The van der Waals surface area contributed by atoms with Gasteiger partial charge in [-0.3, -0.25) is 4.79 Å². The molecule has 1 heterocycles. The zero-order valence-corrected chi connectivity index (χ0v) is 14.2. The maximum atomic E-state index is 13.5. The Labute approximate surface area is 146 Å². The largest absolute Gasteiger partial charge is 0.480 e. The fourth-order valence-electron chi connectivity index (χ4n) is 2.42. The third-order valence-electron chi connectivity index (χ3n) is 4.01. The van der Waals surface area contributed by atoms with Crippen molar-refractivity contribution in [1.29, 1.82) is 0 Å². The molecule has 0 radical (unpaired) electrons. The van der Waals surface area contributed by atoms with E-state index in [1.165, 1.54) is 0 Å². The van der Waals surface area contributed by atoms with Crippen molar-refractivity contribution in [2.75, 3.05) is 11.5 Å². The van der Waals surface area contributed by atoms with Crippen LogP contribution in [0.5, 0.6) is 0 Å². The molecule has 2 rings (SSSR count). The Morgan fingerprint density at radius 2 is 2.16 bits per heavy atom. The summed E-state index contributed by atoms with van der Waals surface area (Å²) in [6.07, 6.45) is -0.606. The van der Waals surface area contributed by atoms with E-state index in [0.717, 1.165) is 11.8 Å². The van der Waals surface area contributed by atoms with Crippen LogP contribution in [0.1, 0.15) is 36.5 Å². The van der Waals surface area contributed by atoms with Crippen LogP contribution < -0.4 is 5.73 Å². The average molecular weight is 379 g/mol. The molecule has 2 unspecified atom stereocenters. The molecule has 0 saturated carbocycles. The van der Waals surface area contributed by atoms with Crippen molar-refractivity contribution >= 4 is 23.8 Å².